The van der Waals surface area contributed by atoms with Crippen molar-refractivity contribution in [2.75, 3.05) is 7.11 Å². The number of hydrogen-bond donors (Lipinski definition) is 0. The van der Waals surface area contributed by atoms with Gasteiger partial charge >= 0.3 is 15.6 Å². The lowest BCUT2D eigenvalue weighted by Gasteiger charge is -2.44. The summed E-state index contributed by atoms with van der Waals surface area (Å²) in [7, 11) is -6.60. The van der Waals surface area contributed by atoms with E-state index in [1.807, 2.05) is 33.9 Å². The van der Waals surface area contributed by atoms with Crippen LogP contribution in [0.15, 0.2) is 24.0 Å². The number of rotatable bonds is 7. The summed E-state index contributed by atoms with van der Waals surface area (Å²) in [5, 5.41) is -0.185. The molecule has 0 saturated heterocycles. The average Bonchev–Trinajstić information content (AvgIpc) is 2.62. The molecule has 0 aromatic heterocycles. The molecule has 0 aliphatic heterocycles. The second-order valence-corrected chi connectivity index (χ2v) is 15.8. The Hall–Kier alpha value is -0.883. The summed E-state index contributed by atoms with van der Waals surface area (Å²) < 4.78 is 83.9. The highest BCUT2D eigenvalue weighted by molar-refractivity contribution is 7.87. The Bertz CT molecular complexity index is 793. The van der Waals surface area contributed by atoms with Gasteiger partial charge in [-0.1, -0.05) is 27.2 Å². The van der Waals surface area contributed by atoms with Crippen LogP contribution in [0.2, 0.25) is 18.1 Å². The van der Waals surface area contributed by atoms with E-state index in [1.54, 1.807) is 7.11 Å². The van der Waals surface area contributed by atoms with Crippen molar-refractivity contribution in [3.05, 3.63) is 24.0 Å². The smallest absolute Gasteiger partial charge is 0.407 e. The fourth-order valence-corrected chi connectivity index (χ4v) is 4.97. The molecule has 180 valence electrons. The first-order valence-electron chi connectivity index (χ1n) is 10.3. The SMILES string of the molecule is COC1(O[C@H]2C=CC(OS(=O)(=O)C(F)(F)F)=C[C@@H]2O[Si](C)(C)C(C)(C)C)CCCCC1. The Morgan fingerprint density at radius 1 is 1.06 bits per heavy atom. The molecule has 11 heteroatoms. The average molecular weight is 487 g/mol. The van der Waals surface area contributed by atoms with Gasteiger partial charge < -0.3 is 18.1 Å². The molecule has 0 amide bonds. The zero-order valence-corrected chi connectivity index (χ0v) is 20.7. The van der Waals surface area contributed by atoms with Crippen LogP contribution in [0, 0.1) is 0 Å². The van der Waals surface area contributed by atoms with E-state index in [9.17, 15) is 21.6 Å². The minimum absolute atomic E-state index is 0.185. The molecule has 2 aliphatic carbocycles. The van der Waals surface area contributed by atoms with Gasteiger partial charge in [-0.3, -0.25) is 0 Å². The van der Waals surface area contributed by atoms with Crippen molar-refractivity contribution in [3.8, 4) is 0 Å². The van der Waals surface area contributed by atoms with Crippen molar-refractivity contribution in [1.82, 2.24) is 0 Å². The highest BCUT2D eigenvalue weighted by atomic mass is 32.2. The zero-order chi connectivity index (χ0) is 23.7. The maximum absolute atomic E-state index is 12.8. The maximum Gasteiger partial charge on any atom is 0.534 e. The molecule has 2 atom stereocenters. The number of halogens is 3. The number of alkyl halides is 3. The molecule has 6 nitrogen and oxygen atoms in total. The van der Waals surface area contributed by atoms with Gasteiger partial charge in [-0.15, -0.1) is 0 Å². The first kappa shape index (κ1) is 26.4. The third-order valence-corrected chi connectivity index (χ3v) is 11.6. The van der Waals surface area contributed by atoms with Gasteiger partial charge in [-0.25, -0.2) is 0 Å². The summed E-state index contributed by atoms with van der Waals surface area (Å²) in [6.07, 6.45) is 6.75. The fourth-order valence-electron chi connectivity index (χ4n) is 3.27. The Balaban J connectivity index is 2.33. The van der Waals surface area contributed by atoms with Gasteiger partial charge in [0.2, 0.25) is 0 Å². The molecular formula is C20H33F3O6SSi. The summed E-state index contributed by atoms with van der Waals surface area (Å²) in [5.74, 6) is -1.26. The molecule has 0 aromatic rings. The molecule has 0 heterocycles. The van der Waals surface area contributed by atoms with Crippen LogP contribution < -0.4 is 0 Å². The van der Waals surface area contributed by atoms with E-state index in [4.69, 9.17) is 13.9 Å². The van der Waals surface area contributed by atoms with Gasteiger partial charge in [0.05, 0.1) is 6.10 Å². The largest absolute Gasteiger partial charge is 0.534 e. The maximum atomic E-state index is 12.8. The van der Waals surface area contributed by atoms with E-state index in [2.05, 4.69) is 4.18 Å². The minimum Gasteiger partial charge on any atom is -0.407 e. The highest BCUT2D eigenvalue weighted by Crippen LogP contribution is 2.41. The van der Waals surface area contributed by atoms with Crippen LogP contribution in [0.3, 0.4) is 0 Å². The van der Waals surface area contributed by atoms with E-state index in [1.165, 1.54) is 18.2 Å². The van der Waals surface area contributed by atoms with Gasteiger partial charge in [0, 0.05) is 20.0 Å². The fraction of sp³-hybridized carbons (Fsp3) is 0.800. The second-order valence-electron chi connectivity index (χ2n) is 9.51. The lowest BCUT2D eigenvalue weighted by molar-refractivity contribution is -0.261. The van der Waals surface area contributed by atoms with Crippen LogP contribution in [0.5, 0.6) is 0 Å². The van der Waals surface area contributed by atoms with Gasteiger partial charge in [0.25, 0.3) is 0 Å². The van der Waals surface area contributed by atoms with Crippen LogP contribution in [-0.4, -0.2) is 47.3 Å². The van der Waals surface area contributed by atoms with Gasteiger partial charge in [-0.2, -0.15) is 21.6 Å². The zero-order valence-electron chi connectivity index (χ0n) is 18.9. The number of ether oxygens (including phenoxy) is 2. The molecular weight excluding hydrogens is 453 g/mol. The number of methoxy groups -OCH3 is 1. The summed E-state index contributed by atoms with van der Waals surface area (Å²) >= 11 is 0. The molecule has 0 N–H and O–H groups in total. The first-order valence-corrected chi connectivity index (χ1v) is 14.7. The second kappa shape index (κ2) is 9.16. The summed E-state index contributed by atoms with van der Waals surface area (Å²) in [5.41, 5.74) is -5.52. The van der Waals surface area contributed by atoms with E-state index >= 15 is 0 Å². The standard InChI is InChI=1S/C20H33F3O6SSi/c1-18(2,3)31(5,6)29-17-14-15(28-30(24,25)20(21,22)23)10-11-16(17)27-19(26-4)12-8-7-9-13-19/h10-11,14,16-17H,7-9,12-13H2,1-6H3/t16-,17-/m0/s1. The quantitative estimate of drug-likeness (QED) is 0.208. The molecule has 0 aromatic carbocycles. The Morgan fingerprint density at radius 2 is 1.65 bits per heavy atom. The van der Waals surface area contributed by atoms with Gasteiger partial charge in [-0.05, 0) is 49.2 Å². The van der Waals surface area contributed by atoms with Crippen molar-refractivity contribution in [3.63, 3.8) is 0 Å². The Labute approximate surface area is 184 Å². The first-order chi connectivity index (χ1) is 14.0. The Kier molecular flexibility index (Phi) is 7.80. The van der Waals surface area contributed by atoms with Crippen molar-refractivity contribution in [2.24, 2.45) is 0 Å². The van der Waals surface area contributed by atoms with Crippen molar-refractivity contribution in [2.45, 2.75) is 94.5 Å². The normalized spacial score (nSPS) is 25.3. The number of hydrogen-bond acceptors (Lipinski definition) is 6. The lowest BCUT2D eigenvalue weighted by atomic mass is 9.93. The van der Waals surface area contributed by atoms with Crippen LogP contribution in [0.1, 0.15) is 52.9 Å². The van der Waals surface area contributed by atoms with E-state index < -0.39 is 47.7 Å². The summed E-state index contributed by atoms with van der Waals surface area (Å²) in [4.78, 5) is 0. The van der Waals surface area contributed by atoms with E-state index in [0.717, 1.165) is 19.3 Å². The molecule has 0 spiro atoms. The highest BCUT2D eigenvalue weighted by Gasteiger charge is 2.49. The lowest BCUT2D eigenvalue weighted by Crippen LogP contribution is -2.50. The molecule has 2 rings (SSSR count). The van der Waals surface area contributed by atoms with E-state index in [0.29, 0.717) is 12.8 Å². The topological polar surface area (TPSA) is 71.1 Å². The monoisotopic (exact) mass is 486 g/mol. The van der Waals surface area contributed by atoms with Crippen LogP contribution >= 0.6 is 0 Å². The van der Waals surface area contributed by atoms with Crippen molar-refractivity contribution < 1.29 is 39.7 Å². The molecule has 1 saturated carbocycles. The minimum atomic E-state index is -5.78. The summed E-state index contributed by atoms with van der Waals surface area (Å²) in [6.45, 7) is 10.1. The molecule has 2 aliphatic rings. The van der Waals surface area contributed by atoms with Gasteiger partial charge in [0.15, 0.2) is 14.1 Å². The third-order valence-electron chi connectivity index (χ3n) is 6.17. The van der Waals surface area contributed by atoms with E-state index in [-0.39, 0.29) is 5.04 Å². The van der Waals surface area contributed by atoms with Crippen LogP contribution in [0.4, 0.5) is 13.2 Å². The van der Waals surface area contributed by atoms with Gasteiger partial charge in [0.1, 0.15) is 11.9 Å². The third kappa shape index (κ3) is 6.34. The molecule has 31 heavy (non-hydrogen) atoms. The van der Waals surface area contributed by atoms with Crippen LogP contribution in [0.25, 0.3) is 0 Å². The Morgan fingerprint density at radius 3 is 2.13 bits per heavy atom. The predicted molar refractivity (Wildman–Crippen MR) is 113 cm³/mol. The molecule has 0 radical (unpaired) electrons. The molecule has 0 bridgehead atoms. The van der Waals surface area contributed by atoms with Crippen molar-refractivity contribution >= 4 is 18.4 Å². The summed E-state index contributed by atoms with van der Waals surface area (Å²) in [6, 6.07) is 0. The molecule has 1 fully saturated rings. The molecule has 0 unspecified atom stereocenters. The van der Waals surface area contributed by atoms with Crippen molar-refractivity contribution in [1.29, 1.82) is 0 Å². The number of allylic oxidation sites excluding steroid dienone is 1. The predicted octanol–water partition coefficient (Wildman–Crippen LogP) is 5.39. The van der Waals surface area contributed by atoms with Crippen LogP contribution in [-0.2, 0) is 28.2 Å².